The summed E-state index contributed by atoms with van der Waals surface area (Å²) in [6.07, 6.45) is 0. The van der Waals surface area contributed by atoms with Crippen molar-refractivity contribution in [1.82, 2.24) is 29.1 Å². The first-order valence-electron chi connectivity index (χ1n) is 32.1. The summed E-state index contributed by atoms with van der Waals surface area (Å²) in [7, 11) is 0. The first-order chi connectivity index (χ1) is 45.6. The average molecular weight is 1190 g/mol. The van der Waals surface area contributed by atoms with E-state index in [0.29, 0.717) is 11.9 Å². The highest BCUT2D eigenvalue weighted by Crippen LogP contribution is 2.57. The lowest BCUT2D eigenvalue weighted by Gasteiger charge is -2.24. The summed E-state index contributed by atoms with van der Waals surface area (Å²) in [5.74, 6) is 1.25. The molecule has 20 rings (SSSR count). The highest BCUT2D eigenvalue weighted by atomic mass is 16.3. The number of hydrogen-bond donors (Lipinski definition) is 0. The third kappa shape index (κ3) is 7.36. The second kappa shape index (κ2) is 18.9. The smallest absolute Gasteiger partial charge is 0.235 e. The van der Waals surface area contributed by atoms with E-state index in [-0.39, 0.29) is 10.8 Å². The van der Waals surface area contributed by atoms with Crippen molar-refractivity contribution in [2.75, 3.05) is 0 Å². The van der Waals surface area contributed by atoms with Crippen molar-refractivity contribution >= 4 is 98.0 Å². The van der Waals surface area contributed by atoms with Crippen LogP contribution in [0.4, 0.5) is 0 Å². The third-order valence-corrected chi connectivity index (χ3v) is 20.7. The zero-order valence-corrected chi connectivity index (χ0v) is 51.5. The summed E-state index contributed by atoms with van der Waals surface area (Å²) in [6.45, 7) is 9.53. The zero-order chi connectivity index (χ0) is 61.6. The van der Waals surface area contributed by atoms with Gasteiger partial charge in [0.05, 0.1) is 44.7 Å². The Bertz CT molecular complexity index is 6250. The number of furan rings is 1. The summed E-state index contributed by atoms with van der Waals surface area (Å²) < 4.78 is 11.1. The molecule has 5 heterocycles. The molecule has 5 aromatic heterocycles. The molecule has 13 aromatic carbocycles. The number of benzene rings is 13. The van der Waals surface area contributed by atoms with E-state index >= 15 is 0 Å². The summed E-state index contributed by atoms with van der Waals surface area (Å²) in [5, 5.41) is 12.7. The highest BCUT2D eigenvalue weighted by molar-refractivity contribution is 6.16. The topological polar surface area (TPSA) is 74.6 Å². The molecular weight excluding hydrogens is 1130 g/mol. The molecule has 2 aliphatic rings. The predicted molar refractivity (Wildman–Crippen MR) is 383 cm³/mol. The lowest BCUT2D eigenvalue weighted by Crippen LogP contribution is -2.16. The van der Waals surface area contributed by atoms with Gasteiger partial charge in [0.15, 0.2) is 0 Å². The number of nitrogens with zero attached hydrogens (tertiary/aromatic N) is 6. The first-order valence-corrected chi connectivity index (χ1v) is 32.1. The lowest BCUT2D eigenvalue weighted by atomic mass is 9.79. The van der Waals surface area contributed by atoms with Gasteiger partial charge < -0.3 is 4.42 Å². The Hall–Kier alpha value is -11.8. The minimum absolute atomic E-state index is 0.246. The Morgan fingerprint density at radius 3 is 1.55 bits per heavy atom. The van der Waals surface area contributed by atoms with Crippen molar-refractivity contribution in [2.45, 2.75) is 38.5 Å². The quantitative estimate of drug-likeness (QED) is 0.166. The number of rotatable bonds is 6. The molecule has 7 nitrogen and oxygen atoms in total. The third-order valence-electron chi connectivity index (χ3n) is 20.7. The Morgan fingerprint density at radius 1 is 0.301 bits per heavy atom. The van der Waals surface area contributed by atoms with E-state index in [1.807, 2.05) is 12.1 Å². The highest BCUT2D eigenvalue weighted by Gasteiger charge is 2.40. The van der Waals surface area contributed by atoms with Gasteiger partial charge in [-0.25, -0.2) is 19.9 Å². The molecule has 0 spiro atoms. The van der Waals surface area contributed by atoms with Gasteiger partial charge in [-0.15, -0.1) is 0 Å². The van der Waals surface area contributed by atoms with Crippen LogP contribution in [0.25, 0.3) is 177 Å². The Kier molecular flexibility index (Phi) is 10.6. The van der Waals surface area contributed by atoms with Crippen molar-refractivity contribution in [3.63, 3.8) is 0 Å². The van der Waals surface area contributed by atoms with Crippen LogP contribution < -0.4 is 0 Å². The molecule has 7 heteroatoms. The van der Waals surface area contributed by atoms with Crippen LogP contribution in [0.5, 0.6) is 0 Å². The maximum absolute atomic E-state index is 6.47. The summed E-state index contributed by atoms with van der Waals surface area (Å²) in [6, 6.07) is 96.8. The van der Waals surface area contributed by atoms with E-state index in [9.17, 15) is 0 Å². The zero-order valence-electron chi connectivity index (χ0n) is 51.5. The van der Waals surface area contributed by atoms with Crippen molar-refractivity contribution in [1.29, 1.82) is 0 Å². The van der Waals surface area contributed by atoms with E-state index in [4.69, 9.17) is 24.4 Å². The molecule has 0 atom stereocenters. The van der Waals surface area contributed by atoms with Gasteiger partial charge in [-0.1, -0.05) is 210 Å². The van der Waals surface area contributed by atoms with Gasteiger partial charge in [-0.3, -0.25) is 9.13 Å². The maximum atomic E-state index is 6.47. The lowest BCUT2D eigenvalue weighted by molar-refractivity contribution is 0.661. The number of hydrogen-bond acceptors (Lipinski definition) is 5. The summed E-state index contributed by atoms with van der Waals surface area (Å²) >= 11 is 0. The van der Waals surface area contributed by atoms with Crippen LogP contribution in [0.3, 0.4) is 0 Å². The SMILES string of the molecule is CC1(C)c2cc3c(cc2-c2c1ccc1ccccc21)c1ccccc1n3-c1nc(-c2ccc3oc4ccccc4c3c2)c2cc(-c3cc4c(c5ccccc35)C(C)(C)c3cc5c(cc3-4)c3ccccc3n5-c3nc(-c4ccccc4)cc(-c4ccccc4)n3)ccc2n1. The fraction of sp³-hybridized carbons (Fsp3) is 0.0698. The standard InChI is InChI=1S/C86H56N6O/c1-85(2)68-38-35-49-21-11-12-26-54(49)80(68)66-45-63-57-29-16-19-33-75(57)92(77(63)47-70(66)85)84-87-71-39-36-52(41-67(71)82(90-84)53-37-40-79-64(42-53)58-30-17-20-34-78(58)93-79)60-43-65-61-44-62-56-28-15-18-32-74(56)91(76(62)46-69(61)86(3,4)81(65)59-31-14-13-27-55(59)60)83-88-72(50-22-7-5-8-23-50)48-73(89-83)51-24-9-6-10-25-51/h5-48H,1-4H3. The van der Waals surface area contributed by atoms with E-state index < -0.39 is 0 Å². The maximum Gasteiger partial charge on any atom is 0.235 e. The average Bonchev–Trinajstić information content (AvgIpc) is 1.55. The Balaban J connectivity index is 0.798. The molecule has 0 aliphatic heterocycles. The fourth-order valence-electron chi connectivity index (χ4n) is 16.3. The van der Waals surface area contributed by atoms with Crippen LogP contribution in [-0.2, 0) is 10.8 Å². The molecule has 18 aromatic rings. The van der Waals surface area contributed by atoms with Crippen LogP contribution in [0.15, 0.2) is 271 Å². The number of aromatic nitrogens is 6. The van der Waals surface area contributed by atoms with E-state index in [0.717, 1.165) is 116 Å². The second-order valence-corrected chi connectivity index (χ2v) is 26.5. The fourth-order valence-corrected chi connectivity index (χ4v) is 16.3. The molecule has 0 N–H and O–H groups in total. The van der Waals surface area contributed by atoms with Gasteiger partial charge in [0.1, 0.15) is 11.2 Å². The number of fused-ring (bicyclic) bond motifs is 20. The second-order valence-electron chi connectivity index (χ2n) is 26.5. The van der Waals surface area contributed by atoms with Crippen molar-refractivity contribution in [2.24, 2.45) is 0 Å². The summed E-state index contributed by atoms with van der Waals surface area (Å²) in [5.41, 5.74) is 24.4. The molecule has 0 unspecified atom stereocenters. The van der Waals surface area contributed by atoms with Crippen LogP contribution in [0, 0.1) is 0 Å². The van der Waals surface area contributed by atoms with E-state index in [1.54, 1.807) is 0 Å². The molecule has 93 heavy (non-hydrogen) atoms. The minimum Gasteiger partial charge on any atom is -0.456 e. The van der Waals surface area contributed by atoms with Crippen molar-refractivity contribution < 1.29 is 4.42 Å². The molecule has 0 saturated carbocycles. The first kappa shape index (κ1) is 52.0. The molecule has 0 fully saturated rings. The number of para-hydroxylation sites is 3. The van der Waals surface area contributed by atoms with Gasteiger partial charge in [0.25, 0.3) is 0 Å². The Morgan fingerprint density at radius 2 is 0.849 bits per heavy atom. The van der Waals surface area contributed by atoms with Gasteiger partial charge in [-0.2, -0.15) is 0 Å². The molecule has 2 aliphatic carbocycles. The molecule has 0 bridgehead atoms. The van der Waals surface area contributed by atoms with Crippen LogP contribution in [0.1, 0.15) is 49.9 Å². The molecule has 0 saturated heterocycles. The Labute approximate surface area is 535 Å². The molecule has 0 amide bonds. The summed E-state index contributed by atoms with van der Waals surface area (Å²) in [4.78, 5) is 22.3. The molecule has 436 valence electrons. The van der Waals surface area contributed by atoms with Gasteiger partial charge in [0, 0.05) is 65.2 Å². The predicted octanol–water partition coefficient (Wildman–Crippen LogP) is 22.1. The van der Waals surface area contributed by atoms with E-state index in [1.165, 1.54) is 71.4 Å². The van der Waals surface area contributed by atoms with Gasteiger partial charge >= 0.3 is 0 Å². The minimum atomic E-state index is -0.377. The normalized spacial score (nSPS) is 13.8. The van der Waals surface area contributed by atoms with Crippen molar-refractivity contribution in [3.05, 3.63) is 289 Å². The largest absolute Gasteiger partial charge is 0.456 e. The van der Waals surface area contributed by atoms with Crippen molar-refractivity contribution in [3.8, 4) is 79.0 Å². The molecular formula is C86H56N6O. The van der Waals surface area contributed by atoms with Gasteiger partial charge in [0.2, 0.25) is 11.9 Å². The monoisotopic (exact) mass is 1190 g/mol. The van der Waals surface area contributed by atoms with Crippen LogP contribution in [-0.4, -0.2) is 29.1 Å². The van der Waals surface area contributed by atoms with Crippen LogP contribution in [0.2, 0.25) is 0 Å². The van der Waals surface area contributed by atoms with Gasteiger partial charge in [-0.05, 0) is 162 Å². The molecule has 0 radical (unpaired) electrons. The van der Waals surface area contributed by atoms with E-state index in [2.05, 4.69) is 292 Å². The van der Waals surface area contributed by atoms with Crippen LogP contribution >= 0.6 is 0 Å².